The van der Waals surface area contributed by atoms with Crippen LogP contribution in [-0.2, 0) is 22.9 Å². The van der Waals surface area contributed by atoms with Gasteiger partial charge in [-0.25, -0.2) is 4.98 Å². The standard InChI is InChI=1S/C37H44F3N5O3/c1-4-25-20-44(31-9-6-10-32(47-3)33(31)37(38,39)40)19-15-36(25)23-45(35(46)27-21-43-17-13-24(27)14-18-43)22-30-28(36)11-12-29(42-30)26-8-7-16-41-34(26)48-5-2/h6-12,16,24-25,27H,4-5,13-15,17-23H2,1-3H3/t25?,27-,36?/m0/s1. The highest BCUT2D eigenvalue weighted by molar-refractivity contribution is 5.80. The number of halogens is 3. The number of alkyl halides is 3. The zero-order chi connectivity index (χ0) is 33.6. The van der Waals surface area contributed by atoms with Crippen LogP contribution < -0.4 is 14.4 Å². The summed E-state index contributed by atoms with van der Waals surface area (Å²) in [6.07, 6.45) is 0.551. The largest absolute Gasteiger partial charge is 0.496 e. The Morgan fingerprint density at radius 2 is 1.85 bits per heavy atom. The number of carbonyl (C=O) groups excluding carboxylic acids is 1. The second-order valence-electron chi connectivity index (χ2n) is 13.7. The van der Waals surface area contributed by atoms with E-state index >= 15 is 0 Å². The monoisotopic (exact) mass is 663 g/mol. The fourth-order valence-corrected chi connectivity index (χ4v) is 8.97. The molecule has 0 radical (unpaired) electrons. The quantitative estimate of drug-likeness (QED) is 0.289. The lowest BCUT2D eigenvalue weighted by Gasteiger charge is -2.54. The van der Waals surface area contributed by atoms with E-state index in [0.29, 0.717) is 51.0 Å². The molecule has 4 fully saturated rings. The van der Waals surface area contributed by atoms with E-state index in [4.69, 9.17) is 14.5 Å². The molecule has 3 aromatic rings. The van der Waals surface area contributed by atoms with Crippen molar-refractivity contribution in [3.05, 3.63) is 65.5 Å². The number of piperidine rings is 4. The van der Waals surface area contributed by atoms with Gasteiger partial charge in [0.05, 0.1) is 48.8 Å². The zero-order valence-corrected chi connectivity index (χ0v) is 27.9. The van der Waals surface area contributed by atoms with Gasteiger partial charge >= 0.3 is 6.18 Å². The third-order valence-electron chi connectivity index (χ3n) is 11.3. The summed E-state index contributed by atoms with van der Waals surface area (Å²) >= 11 is 0. The minimum atomic E-state index is -4.57. The average Bonchev–Trinajstić information content (AvgIpc) is 3.11. The van der Waals surface area contributed by atoms with Crippen molar-refractivity contribution >= 4 is 11.6 Å². The molecule has 8 rings (SSSR count). The Labute approximate surface area is 280 Å². The molecule has 2 aromatic heterocycles. The molecule has 1 amide bonds. The average molecular weight is 664 g/mol. The third-order valence-corrected chi connectivity index (χ3v) is 11.3. The van der Waals surface area contributed by atoms with Gasteiger partial charge in [0.25, 0.3) is 0 Å². The summed E-state index contributed by atoms with van der Waals surface area (Å²) in [6.45, 7) is 9.17. The lowest BCUT2D eigenvalue weighted by atomic mass is 9.62. The second kappa shape index (κ2) is 12.9. The number of benzene rings is 1. The number of pyridine rings is 2. The number of hydrogen-bond donors (Lipinski definition) is 0. The Bertz CT molecular complexity index is 1660. The molecule has 5 aliphatic rings. The summed E-state index contributed by atoms with van der Waals surface area (Å²) in [4.78, 5) is 30.4. The number of fused-ring (bicyclic) bond motifs is 5. The number of anilines is 1. The van der Waals surface area contributed by atoms with Crippen LogP contribution in [0.5, 0.6) is 11.6 Å². The van der Waals surface area contributed by atoms with Crippen molar-refractivity contribution in [1.82, 2.24) is 19.8 Å². The number of carbonyl (C=O) groups is 1. The summed E-state index contributed by atoms with van der Waals surface area (Å²) in [5.74, 6) is 0.845. The van der Waals surface area contributed by atoms with Crippen molar-refractivity contribution in [2.45, 2.75) is 57.7 Å². The predicted octanol–water partition coefficient (Wildman–Crippen LogP) is 6.43. The van der Waals surface area contributed by atoms with E-state index in [1.165, 1.54) is 13.2 Å². The van der Waals surface area contributed by atoms with E-state index in [9.17, 15) is 18.0 Å². The molecule has 0 saturated carbocycles. The van der Waals surface area contributed by atoms with Crippen molar-refractivity contribution in [3.8, 4) is 22.9 Å². The molecular formula is C37H44F3N5O3. The van der Waals surface area contributed by atoms with Crippen LogP contribution in [0.25, 0.3) is 11.3 Å². The van der Waals surface area contributed by atoms with Crippen molar-refractivity contribution in [2.75, 3.05) is 57.9 Å². The number of methoxy groups -OCH3 is 1. The topological polar surface area (TPSA) is 71.0 Å². The zero-order valence-electron chi connectivity index (χ0n) is 27.9. The molecule has 0 N–H and O–H groups in total. The van der Waals surface area contributed by atoms with E-state index in [0.717, 1.165) is 61.4 Å². The van der Waals surface area contributed by atoms with Gasteiger partial charge in [0.1, 0.15) is 11.3 Å². The van der Waals surface area contributed by atoms with Gasteiger partial charge in [0, 0.05) is 37.8 Å². The first kappa shape index (κ1) is 32.7. The molecule has 5 aliphatic heterocycles. The van der Waals surface area contributed by atoms with Crippen LogP contribution >= 0.6 is 0 Å². The number of hydrogen-bond acceptors (Lipinski definition) is 7. The fourth-order valence-electron chi connectivity index (χ4n) is 8.97. The summed E-state index contributed by atoms with van der Waals surface area (Å²) < 4.78 is 54.3. The molecule has 1 aromatic carbocycles. The normalized spacial score (nSPS) is 26.8. The highest BCUT2D eigenvalue weighted by atomic mass is 19.4. The highest BCUT2D eigenvalue weighted by Gasteiger charge is 2.52. The molecule has 11 heteroatoms. The minimum absolute atomic E-state index is 0.0236. The van der Waals surface area contributed by atoms with Gasteiger partial charge in [-0.3, -0.25) is 9.78 Å². The predicted molar refractivity (Wildman–Crippen MR) is 177 cm³/mol. The van der Waals surface area contributed by atoms with E-state index in [-0.39, 0.29) is 29.2 Å². The van der Waals surface area contributed by atoms with Crippen molar-refractivity contribution in [1.29, 1.82) is 0 Å². The molecule has 256 valence electrons. The number of aromatic nitrogens is 2. The maximum atomic E-state index is 14.5. The Balaban J connectivity index is 1.29. The molecule has 8 nitrogen and oxygen atoms in total. The molecule has 0 aliphatic carbocycles. The maximum Gasteiger partial charge on any atom is 0.421 e. The van der Waals surface area contributed by atoms with Crippen molar-refractivity contribution < 1.29 is 27.4 Å². The first-order chi connectivity index (χ1) is 23.2. The highest BCUT2D eigenvalue weighted by Crippen LogP contribution is 2.50. The lowest BCUT2D eigenvalue weighted by molar-refractivity contribution is -0.145. The van der Waals surface area contributed by atoms with Crippen molar-refractivity contribution in [3.63, 3.8) is 0 Å². The maximum absolute atomic E-state index is 14.5. The summed E-state index contributed by atoms with van der Waals surface area (Å²) in [5.41, 5.74) is 2.41. The third kappa shape index (κ3) is 5.67. The fraction of sp³-hybridized carbons (Fsp3) is 0.541. The molecule has 7 heterocycles. The van der Waals surface area contributed by atoms with Crippen molar-refractivity contribution in [2.24, 2.45) is 17.8 Å². The summed E-state index contributed by atoms with van der Waals surface area (Å²) in [6, 6.07) is 12.5. The van der Waals surface area contributed by atoms with Gasteiger partial charge in [0.2, 0.25) is 11.8 Å². The van der Waals surface area contributed by atoms with E-state index < -0.39 is 17.2 Å². The second-order valence-corrected chi connectivity index (χ2v) is 13.7. The van der Waals surface area contributed by atoms with Gasteiger partial charge in [0.15, 0.2) is 0 Å². The van der Waals surface area contributed by atoms with Gasteiger partial charge in [-0.1, -0.05) is 25.5 Å². The molecule has 48 heavy (non-hydrogen) atoms. The van der Waals surface area contributed by atoms with Crippen LogP contribution in [0.1, 0.15) is 56.4 Å². The first-order valence-electron chi connectivity index (χ1n) is 17.3. The lowest BCUT2D eigenvalue weighted by Crippen LogP contribution is -2.61. The van der Waals surface area contributed by atoms with Gasteiger partial charge < -0.3 is 24.2 Å². The summed E-state index contributed by atoms with van der Waals surface area (Å²) in [7, 11) is 1.28. The van der Waals surface area contributed by atoms with Crippen LogP contribution in [0.2, 0.25) is 0 Å². The molecule has 4 saturated heterocycles. The van der Waals surface area contributed by atoms with E-state index in [1.54, 1.807) is 18.3 Å². The minimum Gasteiger partial charge on any atom is -0.496 e. The number of amides is 1. The SMILES string of the molecule is CCOc1ncccc1-c1ccc2c(n1)CN(C(=O)[C@H]1CN3CCC1CC3)CC21CCN(c2cccc(OC)c2C(F)(F)F)CC1CC. The van der Waals surface area contributed by atoms with Crippen LogP contribution in [-0.4, -0.2) is 78.7 Å². The smallest absolute Gasteiger partial charge is 0.421 e. The Morgan fingerprint density at radius 3 is 2.54 bits per heavy atom. The number of ether oxygens (including phenoxy) is 2. The first-order valence-corrected chi connectivity index (χ1v) is 17.3. The molecule has 1 spiro atoms. The molecule has 2 unspecified atom stereocenters. The number of nitrogens with zero attached hydrogens (tertiary/aromatic N) is 5. The van der Waals surface area contributed by atoms with Crippen LogP contribution in [0.3, 0.4) is 0 Å². The Kier molecular flexibility index (Phi) is 8.76. The van der Waals surface area contributed by atoms with E-state index in [2.05, 4.69) is 22.9 Å². The number of rotatable bonds is 7. The van der Waals surface area contributed by atoms with Crippen LogP contribution in [0.4, 0.5) is 18.9 Å². The van der Waals surface area contributed by atoms with E-state index in [1.807, 2.05) is 34.9 Å². The molecule has 3 atom stereocenters. The van der Waals surface area contributed by atoms with Gasteiger partial charge in [-0.15, -0.1) is 0 Å². The Morgan fingerprint density at radius 1 is 1.04 bits per heavy atom. The van der Waals surface area contributed by atoms with Gasteiger partial charge in [-0.2, -0.15) is 13.2 Å². The Hall–Kier alpha value is -3.86. The van der Waals surface area contributed by atoms with Crippen LogP contribution in [0.15, 0.2) is 48.7 Å². The molecule has 2 bridgehead atoms. The molecular weight excluding hydrogens is 619 g/mol. The summed E-state index contributed by atoms with van der Waals surface area (Å²) in [5, 5.41) is 0. The van der Waals surface area contributed by atoms with Gasteiger partial charge in [-0.05, 0) is 87.0 Å². The van der Waals surface area contributed by atoms with Crippen LogP contribution in [0, 0.1) is 17.8 Å².